The number of pyridine rings is 1. The Labute approximate surface area is 129 Å². The predicted molar refractivity (Wildman–Crippen MR) is 61.4 cm³/mol. The van der Waals surface area contributed by atoms with E-state index in [0.717, 1.165) is 18.3 Å². The van der Waals surface area contributed by atoms with Gasteiger partial charge >= 0.3 is 31.4 Å². The Bertz CT molecular complexity index is 675. The first-order valence-electron chi connectivity index (χ1n) is 4.86. The summed E-state index contributed by atoms with van der Waals surface area (Å²) in [6.45, 7) is -3.23. The van der Waals surface area contributed by atoms with Gasteiger partial charge in [-0.25, -0.2) is 9.18 Å². The molecule has 102 valence electrons. The SMILES string of the molecule is O=C(O)c1cnc2c(F)c(OC(F)F)c(Cl)cc2c1.[H-].[Li+]. The maximum absolute atomic E-state index is 13.9. The van der Waals surface area contributed by atoms with Crippen LogP contribution >= 0.6 is 11.6 Å². The number of aromatic carboxylic acids is 1. The standard InChI is InChI=1S/C11H5ClF3NO3.Li.H/c12-6-2-4-1-5(10(17)18)3-16-8(4)7(13)9(6)19-11(14)15;;/h1-3,11H,(H,17,18);;/q;+1;-1. The molecule has 0 saturated heterocycles. The van der Waals surface area contributed by atoms with Gasteiger partial charge in [0.2, 0.25) is 0 Å². The van der Waals surface area contributed by atoms with Crippen molar-refractivity contribution in [1.82, 2.24) is 4.98 Å². The summed E-state index contributed by atoms with van der Waals surface area (Å²) in [7, 11) is 0. The summed E-state index contributed by atoms with van der Waals surface area (Å²) in [6.07, 6.45) is 0.911. The second-order valence-electron chi connectivity index (χ2n) is 3.48. The third-order valence-corrected chi connectivity index (χ3v) is 2.56. The van der Waals surface area contributed by atoms with Crippen molar-refractivity contribution in [3.8, 4) is 5.75 Å². The maximum Gasteiger partial charge on any atom is 1.00 e. The van der Waals surface area contributed by atoms with Crippen molar-refractivity contribution < 1.29 is 48.1 Å². The number of hydrogen-bond donors (Lipinski definition) is 1. The van der Waals surface area contributed by atoms with Crippen LogP contribution in [0, 0.1) is 5.82 Å². The molecule has 1 aromatic carbocycles. The van der Waals surface area contributed by atoms with Gasteiger partial charge in [-0.3, -0.25) is 4.98 Å². The smallest absolute Gasteiger partial charge is 1.00 e. The number of aromatic nitrogens is 1. The Morgan fingerprint density at radius 2 is 2.10 bits per heavy atom. The largest absolute Gasteiger partial charge is 1.00 e. The average Bonchev–Trinajstić information content (AvgIpc) is 2.33. The van der Waals surface area contributed by atoms with E-state index in [4.69, 9.17) is 16.7 Å². The first-order chi connectivity index (χ1) is 8.90. The van der Waals surface area contributed by atoms with Gasteiger partial charge in [0, 0.05) is 11.6 Å². The molecule has 1 heterocycles. The van der Waals surface area contributed by atoms with E-state index in [0.29, 0.717) is 0 Å². The summed E-state index contributed by atoms with van der Waals surface area (Å²) >= 11 is 5.61. The molecule has 0 fully saturated rings. The van der Waals surface area contributed by atoms with E-state index < -0.39 is 29.2 Å². The van der Waals surface area contributed by atoms with Crippen LogP contribution in [0.5, 0.6) is 5.75 Å². The molecular formula is C11H6ClF3LiNO3. The molecule has 0 aliphatic carbocycles. The van der Waals surface area contributed by atoms with Crippen LogP contribution in [0.2, 0.25) is 5.02 Å². The van der Waals surface area contributed by atoms with Crippen LogP contribution in [-0.2, 0) is 0 Å². The number of alkyl halides is 2. The van der Waals surface area contributed by atoms with Crippen LogP contribution < -0.4 is 23.6 Å². The fourth-order valence-corrected chi connectivity index (χ4v) is 1.75. The molecule has 0 bridgehead atoms. The number of halogens is 4. The van der Waals surface area contributed by atoms with Gasteiger partial charge in [-0.1, -0.05) is 11.6 Å². The second kappa shape index (κ2) is 6.35. The molecule has 0 amide bonds. The van der Waals surface area contributed by atoms with Crippen molar-refractivity contribution in [2.45, 2.75) is 6.61 Å². The van der Waals surface area contributed by atoms with Gasteiger partial charge in [-0.15, -0.1) is 0 Å². The molecule has 1 N–H and O–H groups in total. The zero-order chi connectivity index (χ0) is 14.2. The number of hydrogen-bond acceptors (Lipinski definition) is 3. The number of carboxylic acids is 1. The summed E-state index contributed by atoms with van der Waals surface area (Å²) in [5.74, 6) is -3.24. The van der Waals surface area contributed by atoms with Crippen molar-refractivity contribution in [3.05, 3.63) is 34.7 Å². The molecule has 4 nitrogen and oxygen atoms in total. The number of carboxylic acid groups (broad SMARTS) is 1. The zero-order valence-corrected chi connectivity index (χ0v) is 10.8. The van der Waals surface area contributed by atoms with E-state index in [1.54, 1.807) is 0 Å². The van der Waals surface area contributed by atoms with Gasteiger partial charge in [0.15, 0.2) is 11.6 Å². The Hall–Kier alpha value is -1.42. The predicted octanol–water partition coefficient (Wildman–Crippen LogP) is 0.443. The number of fused-ring (bicyclic) bond motifs is 1. The van der Waals surface area contributed by atoms with E-state index in [2.05, 4.69) is 9.72 Å². The molecule has 0 aliphatic rings. The van der Waals surface area contributed by atoms with Crippen molar-refractivity contribution in [1.29, 1.82) is 0 Å². The summed E-state index contributed by atoms with van der Waals surface area (Å²) in [5, 5.41) is 8.45. The Balaban J connectivity index is 0.00000200. The van der Waals surface area contributed by atoms with Crippen molar-refractivity contribution in [2.24, 2.45) is 0 Å². The summed E-state index contributed by atoms with van der Waals surface area (Å²) in [5.41, 5.74) is -0.476. The molecule has 0 aliphatic heterocycles. The van der Waals surface area contributed by atoms with Crippen LogP contribution in [0.4, 0.5) is 13.2 Å². The molecule has 2 rings (SSSR count). The van der Waals surface area contributed by atoms with E-state index in [1.807, 2.05) is 0 Å². The van der Waals surface area contributed by atoms with Crippen LogP contribution in [0.15, 0.2) is 18.3 Å². The van der Waals surface area contributed by atoms with E-state index in [1.165, 1.54) is 0 Å². The molecule has 9 heteroatoms. The zero-order valence-electron chi connectivity index (χ0n) is 11.0. The molecule has 20 heavy (non-hydrogen) atoms. The molecule has 0 spiro atoms. The Morgan fingerprint density at radius 3 is 2.65 bits per heavy atom. The molecule has 0 unspecified atom stereocenters. The molecule has 0 saturated carbocycles. The summed E-state index contributed by atoms with van der Waals surface area (Å²) in [4.78, 5) is 14.3. The fourth-order valence-electron chi connectivity index (χ4n) is 1.50. The number of carbonyl (C=O) groups is 1. The van der Waals surface area contributed by atoms with E-state index in [9.17, 15) is 18.0 Å². The first-order valence-corrected chi connectivity index (χ1v) is 5.24. The summed E-state index contributed by atoms with van der Waals surface area (Å²) < 4.78 is 42.0. The fraction of sp³-hybridized carbons (Fsp3) is 0.0909. The van der Waals surface area contributed by atoms with E-state index in [-0.39, 0.29) is 36.8 Å². The van der Waals surface area contributed by atoms with Gasteiger partial charge in [0.1, 0.15) is 5.52 Å². The molecule has 1 aromatic heterocycles. The number of nitrogens with zero attached hydrogens (tertiary/aromatic N) is 1. The van der Waals surface area contributed by atoms with Gasteiger partial charge < -0.3 is 11.3 Å². The molecule has 0 atom stereocenters. The minimum absolute atomic E-state index is 0. The van der Waals surface area contributed by atoms with Gasteiger partial charge in [0.25, 0.3) is 0 Å². The molecule has 0 radical (unpaired) electrons. The van der Waals surface area contributed by atoms with Gasteiger partial charge in [0.05, 0.1) is 10.6 Å². The maximum atomic E-state index is 13.9. The third kappa shape index (κ3) is 3.18. The summed E-state index contributed by atoms with van der Waals surface area (Å²) in [6, 6.07) is 2.24. The van der Waals surface area contributed by atoms with Crippen molar-refractivity contribution in [3.63, 3.8) is 0 Å². The molecular weight excluding hydrogens is 294 g/mol. The van der Waals surface area contributed by atoms with Crippen molar-refractivity contribution in [2.75, 3.05) is 0 Å². The van der Waals surface area contributed by atoms with Gasteiger partial charge in [-0.2, -0.15) is 8.78 Å². The monoisotopic (exact) mass is 299 g/mol. The number of benzene rings is 1. The first kappa shape index (κ1) is 16.6. The van der Waals surface area contributed by atoms with Crippen LogP contribution in [-0.4, -0.2) is 22.7 Å². The Kier molecular flexibility index (Phi) is 5.28. The van der Waals surface area contributed by atoms with Crippen LogP contribution in [0.1, 0.15) is 11.8 Å². The topological polar surface area (TPSA) is 59.4 Å². The Morgan fingerprint density at radius 1 is 1.45 bits per heavy atom. The normalized spacial score (nSPS) is 10.4. The second-order valence-corrected chi connectivity index (χ2v) is 3.89. The quantitative estimate of drug-likeness (QED) is 0.836. The van der Waals surface area contributed by atoms with Crippen LogP contribution in [0.25, 0.3) is 10.9 Å². The van der Waals surface area contributed by atoms with E-state index >= 15 is 0 Å². The van der Waals surface area contributed by atoms with Crippen molar-refractivity contribution >= 4 is 28.5 Å². The molecule has 2 aromatic rings. The number of rotatable bonds is 3. The third-order valence-electron chi connectivity index (χ3n) is 2.28. The van der Waals surface area contributed by atoms with Gasteiger partial charge in [-0.05, 0) is 12.1 Å². The average molecular weight is 300 g/mol. The number of ether oxygens (including phenoxy) is 1. The van der Waals surface area contributed by atoms with Crippen LogP contribution in [0.3, 0.4) is 0 Å². The minimum Gasteiger partial charge on any atom is -1.00 e. The minimum atomic E-state index is -3.23.